The summed E-state index contributed by atoms with van der Waals surface area (Å²) in [6, 6.07) is 5.02. The van der Waals surface area contributed by atoms with Gasteiger partial charge in [-0.2, -0.15) is 0 Å². The van der Waals surface area contributed by atoms with Gasteiger partial charge in [0.2, 0.25) is 0 Å². The first kappa shape index (κ1) is 12.7. The van der Waals surface area contributed by atoms with Crippen LogP contribution in [0.4, 0.5) is 0 Å². The van der Waals surface area contributed by atoms with Crippen LogP contribution in [0.15, 0.2) is 16.5 Å². The molecular formula is C14H24N2O. The maximum atomic E-state index is 5.67. The summed E-state index contributed by atoms with van der Waals surface area (Å²) in [7, 11) is 2.20. The molecule has 3 atom stereocenters. The fraction of sp³-hybridized carbons (Fsp3) is 0.714. The van der Waals surface area contributed by atoms with Crippen LogP contribution in [0, 0.1) is 12.8 Å². The zero-order chi connectivity index (χ0) is 12.4. The summed E-state index contributed by atoms with van der Waals surface area (Å²) in [5.41, 5.74) is 0. The van der Waals surface area contributed by atoms with E-state index in [1.54, 1.807) is 0 Å². The second-order valence-corrected chi connectivity index (χ2v) is 5.47. The minimum absolute atomic E-state index is 0.305. The van der Waals surface area contributed by atoms with Crippen LogP contribution in [0.25, 0.3) is 0 Å². The summed E-state index contributed by atoms with van der Waals surface area (Å²) in [6.07, 6.45) is 1.22. The van der Waals surface area contributed by atoms with Crippen LogP contribution < -0.4 is 5.32 Å². The molecule has 2 heterocycles. The predicted octanol–water partition coefficient (Wildman–Crippen LogP) is 2.58. The Balaban J connectivity index is 1.92. The molecule has 17 heavy (non-hydrogen) atoms. The van der Waals surface area contributed by atoms with Gasteiger partial charge in [-0.15, -0.1) is 0 Å². The van der Waals surface area contributed by atoms with Crippen molar-refractivity contribution >= 4 is 0 Å². The Morgan fingerprint density at radius 3 is 2.82 bits per heavy atom. The van der Waals surface area contributed by atoms with Gasteiger partial charge in [0.25, 0.3) is 0 Å². The third-order valence-corrected chi connectivity index (χ3v) is 3.76. The number of nitrogens with zero attached hydrogens (tertiary/aromatic N) is 1. The normalized spacial score (nSPS) is 28.2. The van der Waals surface area contributed by atoms with Gasteiger partial charge < -0.3 is 14.6 Å². The first-order valence-corrected chi connectivity index (χ1v) is 6.57. The van der Waals surface area contributed by atoms with Gasteiger partial charge in [0.1, 0.15) is 11.5 Å². The van der Waals surface area contributed by atoms with Crippen LogP contribution in [0.2, 0.25) is 0 Å². The first-order chi connectivity index (χ1) is 8.06. The van der Waals surface area contributed by atoms with Gasteiger partial charge in [-0.3, -0.25) is 0 Å². The van der Waals surface area contributed by atoms with E-state index in [4.69, 9.17) is 4.42 Å². The van der Waals surface area contributed by atoms with Crippen molar-refractivity contribution in [2.24, 2.45) is 5.92 Å². The summed E-state index contributed by atoms with van der Waals surface area (Å²) in [5.74, 6) is 2.74. The topological polar surface area (TPSA) is 28.4 Å². The number of furan rings is 1. The average Bonchev–Trinajstić information content (AvgIpc) is 2.69. The molecule has 0 spiro atoms. The van der Waals surface area contributed by atoms with E-state index < -0.39 is 0 Å². The summed E-state index contributed by atoms with van der Waals surface area (Å²) in [6.45, 7) is 8.87. The molecule has 0 aliphatic carbocycles. The van der Waals surface area contributed by atoms with Crippen LogP contribution in [-0.4, -0.2) is 31.1 Å². The molecule has 0 saturated carbocycles. The van der Waals surface area contributed by atoms with Crippen LogP contribution in [0.5, 0.6) is 0 Å². The molecule has 0 aromatic carbocycles. The summed E-state index contributed by atoms with van der Waals surface area (Å²) < 4.78 is 5.67. The van der Waals surface area contributed by atoms with Crippen LogP contribution in [0.1, 0.15) is 37.8 Å². The Labute approximate surface area is 104 Å². The van der Waals surface area contributed by atoms with E-state index in [1.165, 1.54) is 19.5 Å². The van der Waals surface area contributed by atoms with E-state index >= 15 is 0 Å². The fourth-order valence-corrected chi connectivity index (χ4v) is 2.69. The lowest BCUT2D eigenvalue weighted by Gasteiger charge is -2.36. The monoisotopic (exact) mass is 236 g/mol. The summed E-state index contributed by atoms with van der Waals surface area (Å²) in [5, 5.41) is 3.70. The second kappa shape index (κ2) is 5.23. The maximum Gasteiger partial charge on any atom is 0.120 e. The van der Waals surface area contributed by atoms with Crippen molar-refractivity contribution in [3.63, 3.8) is 0 Å². The average molecular weight is 236 g/mol. The molecule has 1 aliphatic rings. The highest BCUT2D eigenvalue weighted by molar-refractivity contribution is 5.09. The number of hydrogen-bond donors (Lipinski definition) is 1. The Morgan fingerprint density at radius 2 is 2.24 bits per heavy atom. The number of aryl methyl sites for hydroxylation is 1. The van der Waals surface area contributed by atoms with Crippen molar-refractivity contribution in [2.45, 2.75) is 39.3 Å². The Kier molecular flexibility index (Phi) is 3.89. The number of rotatable bonds is 3. The van der Waals surface area contributed by atoms with Gasteiger partial charge in [-0.05, 0) is 51.9 Å². The molecule has 2 rings (SSSR count). The van der Waals surface area contributed by atoms with E-state index in [9.17, 15) is 0 Å². The van der Waals surface area contributed by atoms with Crippen molar-refractivity contribution in [3.8, 4) is 0 Å². The molecule has 0 radical (unpaired) electrons. The molecule has 3 nitrogen and oxygen atoms in total. The molecule has 1 saturated heterocycles. The molecule has 0 amide bonds. The van der Waals surface area contributed by atoms with Crippen molar-refractivity contribution in [2.75, 3.05) is 20.1 Å². The van der Waals surface area contributed by atoms with Crippen LogP contribution >= 0.6 is 0 Å². The fourth-order valence-electron chi connectivity index (χ4n) is 2.69. The zero-order valence-corrected chi connectivity index (χ0v) is 11.4. The van der Waals surface area contributed by atoms with Crippen molar-refractivity contribution in [3.05, 3.63) is 23.7 Å². The minimum atomic E-state index is 0.305. The van der Waals surface area contributed by atoms with Crippen molar-refractivity contribution in [1.82, 2.24) is 10.2 Å². The number of nitrogens with one attached hydrogen (secondary N) is 1. The van der Waals surface area contributed by atoms with Crippen LogP contribution in [0.3, 0.4) is 0 Å². The molecule has 3 unspecified atom stereocenters. The second-order valence-electron chi connectivity index (χ2n) is 5.47. The van der Waals surface area contributed by atoms with E-state index in [-0.39, 0.29) is 0 Å². The molecule has 1 N–H and O–H groups in total. The van der Waals surface area contributed by atoms with Gasteiger partial charge in [0.05, 0.1) is 6.04 Å². The van der Waals surface area contributed by atoms with E-state index in [1.807, 2.05) is 13.0 Å². The zero-order valence-electron chi connectivity index (χ0n) is 11.4. The van der Waals surface area contributed by atoms with Crippen molar-refractivity contribution in [1.29, 1.82) is 0 Å². The number of piperidine rings is 1. The highest BCUT2D eigenvalue weighted by Gasteiger charge is 2.25. The Bertz CT molecular complexity index is 361. The Morgan fingerprint density at radius 1 is 1.47 bits per heavy atom. The number of hydrogen-bond acceptors (Lipinski definition) is 3. The quantitative estimate of drug-likeness (QED) is 0.874. The van der Waals surface area contributed by atoms with Crippen LogP contribution in [-0.2, 0) is 0 Å². The third kappa shape index (κ3) is 3.11. The van der Waals surface area contributed by atoms with E-state index in [0.29, 0.717) is 18.0 Å². The summed E-state index contributed by atoms with van der Waals surface area (Å²) >= 11 is 0. The molecule has 0 bridgehead atoms. The van der Waals surface area contributed by atoms with Crippen molar-refractivity contribution < 1.29 is 4.42 Å². The van der Waals surface area contributed by atoms with Gasteiger partial charge in [-0.25, -0.2) is 0 Å². The maximum absolute atomic E-state index is 5.67. The minimum Gasteiger partial charge on any atom is -0.465 e. The van der Waals surface area contributed by atoms with Gasteiger partial charge in [-0.1, -0.05) is 6.92 Å². The molecular weight excluding hydrogens is 212 g/mol. The smallest absolute Gasteiger partial charge is 0.120 e. The molecule has 3 heteroatoms. The van der Waals surface area contributed by atoms with E-state index in [2.05, 4.69) is 37.2 Å². The van der Waals surface area contributed by atoms with Gasteiger partial charge in [0, 0.05) is 12.6 Å². The summed E-state index contributed by atoms with van der Waals surface area (Å²) in [4.78, 5) is 2.41. The van der Waals surface area contributed by atoms with E-state index in [0.717, 1.165) is 11.5 Å². The highest BCUT2D eigenvalue weighted by atomic mass is 16.3. The molecule has 1 aromatic rings. The largest absolute Gasteiger partial charge is 0.465 e. The third-order valence-electron chi connectivity index (χ3n) is 3.76. The lowest BCUT2D eigenvalue weighted by molar-refractivity contribution is 0.164. The van der Waals surface area contributed by atoms with Gasteiger partial charge in [0.15, 0.2) is 0 Å². The number of likely N-dealkylation sites (tertiary alicyclic amines) is 1. The van der Waals surface area contributed by atoms with Gasteiger partial charge >= 0.3 is 0 Å². The SMILES string of the molecule is Cc1ccc(C(C)NC2CCN(C)CC2C)o1. The molecule has 1 fully saturated rings. The highest BCUT2D eigenvalue weighted by Crippen LogP contribution is 2.21. The standard InChI is InChI=1S/C14H24N2O/c1-10-9-16(4)8-7-13(10)15-12(3)14-6-5-11(2)17-14/h5-6,10,12-13,15H,7-9H2,1-4H3. The lowest BCUT2D eigenvalue weighted by atomic mass is 9.93. The molecule has 1 aromatic heterocycles. The molecule has 1 aliphatic heterocycles. The first-order valence-electron chi connectivity index (χ1n) is 6.57. The Hall–Kier alpha value is -0.800. The lowest BCUT2D eigenvalue weighted by Crippen LogP contribution is -2.47. The predicted molar refractivity (Wildman–Crippen MR) is 70.1 cm³/mol. The molecule has 96 valence electrons.